The molecule has 21 heavy (non-hydrogen) atoms. The Morgan fingerprint density at radius 2 is 1.48 bits per heavy atom. The van der Waals surface area contributed by atoms with E-state index in [2.05, 4.69) is 83.1 Å². The van der Waals surface area contributed by atoms with E-state index in [9.17, 15) is 0 Å². The van der Waals surface area contributed by atoms with Crippen LogP contribution in [0.2, 0.25) is 0 Å². The van der Waals surface area contributed by atoms with Crippen LogP contribution in [0.1, 0.15) is 51.2 Å². The van der Waals surface area contributed by atoms with Crippen molar-refractivity contribution in [3.8, 4) is 11.1 Å². The average molecular weight is 280 g/mol. The van der Waals surface area contributed by atoms with Gasteiger partial charge in [0.1, 0.15) is 0 Å². The highest BCUT2D eigenvalue weighted by atomic mass is 14.2. The Hall–Kier alpha value is -1.56. The number of benzene rings is 2. The second kappa shape index (κ2) is 6.93. The maximum atomic E-state index is 2.33. The summed E-state index contributed by atoms with van der Waals surface area (Å²) in [5.74, 6) is 2.10. The molecular formula is C21H28. The molecule has 0 aliphatic rings. The van der Waals surface area contributed by atoms with Crippen LogP contribution in [0, 0.1) is 18.8 Å². The van der Waals surface area contributed by atoms with Crippen molar-refractivity contribution in [3.63, 3.8) is 0 Å². The minimum absolute atomic E-state index is 0.663. The van der Waals surface area contributed by atoms with Crippen LogP contribution in [0.5, 0.6) is 0 Å². The maximum absolute atomic E-state index is 2.33. The largest absolute Gasteiger partial charge is 0.0628 e. The van der Waals surface area contributed by atoms with Gasteiger partial charge in [0.25, 0.3) is 0 Å². The molecule has 0 heterocycles. The molecule has 0 bridgehead atoms. The molecule has 2 aromatic carbocycles. The normalized spacial score (nSPS) is 12.9. The lowest BCUT2D eigenvalue weighted by Gasteiger charge is -2.23. The second-order valence-electron chi connectivity index (χ2n) is 6.97. The summed E-state index contributed by atoms with van der Waals surface area (Å²) in [6, 6.07) is 17.9. The Morgan fingerprint density at radius 3 is 2.00 bits per heavy atom. The smallest absolute Gasteiger partial charge is 0.0136 e. The van der Waals surface area contributed by atoms with Gasteiger partial charge in [-0.1, -0.05) is 81.8 Å². The van der Waals surface area contributed by atoms with E-state index in [-0.39, 0.29) is 0 Å². The van der Waals surface area contributed by atoms with Crippen molar-refractivity contribution in [2.75, 3.05) is 0 Å². The van der Waals surface area contributed by atoms with Crippen LogP contribution in [0.3, 0.4) is 0 Å². The molecule has 0 aromatic heterocycles. The van der Waals surface area contributed by atoms with Crippen LogP contribution in [-0.4, -0.2) is 0 Å². The predicted octanol–water partition coefficient (Wildman–Crippen LogP) is 6.45. The summed E-state index contributed by atoms with van der Waals surface area (Å²) >= 11 is 0. The molecule has 0 saturated carbocycles. The third kappa shape index (κ3) is 4.20. The van der Waals surface area contributed by atoms with Gasteiger partial charge in [-0.05, 0) is 47.8 Å². The molecule has 112 valence electrons. The Morgan fingerprint density at radius 1 is 0.810 bits per heavy atom. The van der Waals surface area contributed by atoms with Gasteiger partial charge in [-0.15, -0.1) is 0 Å². The van der Waals surface area contributed by atoms with Gasteiger partial charge in [0, 0.05) is 0 Å². The van der Waals surface area contributed by atoms with Crippen LogP contribution >= 0.6 is 0 Å². The summed E-state index contributed by atoms with van der Waals surface area (Å²) in [5, 5.41) is 0. The van der Waals surface area contributed by atoms with Gasteiger partial charge in [-0.25, -0.2) is 0 Å². The SMILES string of the molecule is Cc1cccc(-c2ccc([C@H](CC(C)C)C(C)C)cc2)c1. The van der Waals surface area contributed by atoms with E-state index >= 15 is 0 Å². The number of aryl methyl sites for hydroxylation is 1. The van der Waals surface area contributed by atoms with Crippen molar-refractivity contribution >= 4 is 0 Å². The molecule has 2 aromatic rings. The summed E-state index contributed by atoms with van der Waals surface area (Å²) in [6.07, 6.45) is 1.27. The predicted molar refractivity (Wildman–Crippen MR) is 93.6 cm³/mol. The fourth-order valence-electron chi connectivity index (χ4n) is 3.05. The molecule has 0 radical (unpaired) electrons. The van der Waals surface area contributed by atoms with Crippen molar-refractivity contribution in [1.29, 1.82) is 0 Å². The topological polar surface area (TPSA) is 0 Å². The molecule has 0 heteroatoms. The van der Waals surface area contributed by atoms with E-state index in [1.807, 2.05) is 0 Å². The molecule has 1 atom stereocenters. The quantitative estimate of drug-likeness (QED) is 0.590. The van der Waals surface area contributed by atoms with Gasteiger partial charge in [0.05, 0.1) is 0 Å². The molecule has 0 fully saturated rings. The first kappa shape index (κ1) is 15.8. The van der Waals surface area contributed by atoms with Gasteiger partial charge in [0.15, 0.2) is 0 Å². The summed E-state index contributed by atoms with van der Waals surface area (Å²) in [4.78, 5) is 0. The van der Waals surface area contributed by atoms with E-state index in [0.717, 1.165) is 5.92 Å². The Labute approximate surface area is 130 Å². The van der Waals surface area contributed by atoms with Crippen molar-refractivity contribution in [1.82, 2.24) is 0 Å². The van der Waals surface area contributed by atoms with E-state index in [1.165, 1.54) is 28.7 Å². The highest BCUT2D eigenvalue weighted by molar-refractivity contribution is 5.64. The van der Waals surface area contributed by atoms with Crippen molar-refractivity contribution < 1.29 is 0 Å². The zero-order valence-corrected chi connectivity index (χ0v) is 14.1. The molecule has 0 spiro atoms. The third-order valence-electron chi connectivity index (χ3n) is 4.22. The number of hydrogen-bond acceptors (Lipinski definition) is 0. The van der Waals surface area contributed by atoms with E-state index < -0.39 is 0 Å². The highest BCUT2D eigenvalue weighted by Gasteiger charge is 2.17. The number of rotatable bonds is 5. The molecule has 0 N–H and O–H groups in total. The summed E-state index contributed by atoms with van der Waals surface area (Å²) in [6.45, 7) is 11.4. The van der Waals surface area contributed by atoms with E-state index in [0.29, 0.717) is 11.8 Å². The summed E-state index contributed by atoms with van der Waals surface area (Å²) in [7, 11) is 0. The lowest BCUT2D eigenvalue weighted by atomic mass is 9.82. The monoisotopic (exact) mass is 280 g/mol. The summed E-state index contributed by atoms with van der Waals surface area (Å²) < 4.78 is 0. The van der Waals surface area contributed by atoms with Gasteiger partial charge in [0.2, 0.25) is 0 Å². The molecule has 0 aliphatic heterocycles. The first-order valence-electron chi connectivity index (χ1n) is 8.14. The first-order valence-corrected chi connectivity index (χ1v) is 8.14. The Kier molecular flexibility index (Phi) is 5.22. The van der Waals surface area contributed by atoms with Crippen molar-refractivity contribution in [3.05, 3.63) is 59.7 Å². The van der Waals surface area contributed by atoms with Gasteiger partial charge in [-0.2, -0.15) is 0 Å². The average Bonchev–Trinajstić information content (AvgIpc) is 2.44. The zero-order chi connectivity index (χ0) is 15.4. The number of hydrogen-bond donors (Lipinski definition) is 0. The highest BCUT2D eigenvalue weighted by Crippen LogP contribution is 2.32. The molecule has 0 amide bonds. The van der Waals surface area contributed by atoms with Crippen molar-refractivity contribution in [2.24, 2.45) is 11.8 Å². The fourth-order valence-corrected chi connectivity index (χ4v) is 3.05. The minimum atomic E-state index is 0.663. The lowest BCUT2D eigenvalue weighted by molar-refractivity contribution is 0.408. The van der Waals surface area contributed by atoms with Crippen LogP contribution in [0.25, 0.3) is 11.1 Å². The van der Waals surface area contributed by atoms with Gasteiger partial charge in [-0.3, -0.25) is 0 Å². The molecule has 0 aliphatic carbocycles. The lowest BCUT2D eigenvalue weighted by Crippen LogP contribution is -2.09. The molecule has 0 unspecified atom stereocenters. The van der Waals surface area contributed by atoms with Crippen molar-refractivity contribution in [2.45, 2.75) is 47.0 Å². The van der Waals surface area contributed by atoms with Crippen LogP contribution in [0.15, 0.2) is 48.5 Å². The van der Waals surface area contributed by atoms with Gasteiger partial charge >= 0.3 is 0 Å². The Bertz CT molecular complexity index is 561. The third-order valence-corrected chi connectivity index (χ3v) is 4.22. The van der Waals surface area contributed by atoms with E-state index in [4.69, 9.17) is 0 Å². The standard InChI is InChI=1S/C21H28/c1-15(2)13-21(16(3)4)19-11-9-18(10-12-19)20-8-6-7-17(5)14-20/h6-12,14-16,21H,13H2,1-5H3/t21-/m1/s1. The molecular weight excluding hydrogens is 252 g/mol. The fraction of sp³-hybridized carbons (Fsp3) is 0.429. The summed E-state index contributed by atoms with van der Waals surface area (Å²) in [5.41, 5.74) is 5.42. The molecule has 2 rings (SSSR count). The van der Waals surface area contributed by atoms with Crippen LogP contribution in [-0.2, 0) is 0 Å². The molecule has 0 nitrogen and oxygen atoms in total. The second-order valence-corrected chi connectivity index (χ2v) is 6.97. The van der Waals surface area contributed by atoms with Crippen LogP contribution in [0.4, 0.5) is 0 Å². The van der Waals surface area contributed by atoms with Gasteiger partial charge < -0.3 is 0 Å². The Balaban J connectivity index is 2.25. The zero-order valence-electron chi connectivity index (χ0n) is 14.1. The first-order chi connectivity index (χ1) is 9.97. The maximum Gasteiger partial charge on any atom is -0.0136 e. The minimum Gasteiger partial charge on any atom is -0.0628 e. The molecule has 0 saturated heterocycles. The van der Waals surface area contributed by atoms with Crippen LogP contribution < -0.4 is 0 Å². The van der Waals surface area contributed by atoms with E-state index in [1.54, 1.807) is 0 Å².